The van der Waals surface area contributed by atoms with Gasteiger partial charge in [-0.05, 0) is 11.8 Å². The molecule has 0 aliphatic carbocycles. The second-order valence-corrected chi connectivity index (χ2v) is 4.22. The molecule has 0 aliphatic rings. The molecular formula is C19H12F2IrN3. The van der Waals surface area contributed by atoms with Crippen molar-refractivity contribution < 1.29 is 28.9 Å². The minimum Gasteiger partial charge on any atom is -0.512 e. The molecule has 0 atom stereocenters. The monoisotopic (exact) mass is 513 g/mol. The zero-order valence-electron chi connectivity index (χ0n) is 12.9. The van der Waals surface area contributed by atoms with Gasteiger partial charge in [0, 0.05) is 17.8 Å². The molecule has 0 saturated heterocycles. The molecule has 0 saturated carbocycles. The van der Waals surface area contributed by atoms with E-state index >= 15 is 0 Å². The van der Waals surface area contributed by atoms with Gasteiger partial charge in [0.2, 0.25) is 0 Å². The zero-order chi connectivity index (χ0) is 17.8. The number of benzene rings is 2. The molecule has 0 aliphatic heterocycles. The molecule has 0 unspecified atom stereocenters. The third kappa shape index (κ3) is 7.58. The van der Waals surface area contributed by atoms with Crippen molar-refractivity contribution in [2.24, 2.45) is 4.99 Å². The Bertz CT molecular complexity index is 778. The summed E-state index contributed by atoms with van der Waals surface area (Å²) in [5.41, 5.74) is 1.45. The van der Waals surface area contributed by atoms with Crippen LogP contribution in [0.5, 0.6) is 0 Å². The molecule has 0 fully saturated rings. The van der Waals surface area contributed by atoms with Gasteiger partial charge in [0.25, 0.3) is 0 Å². The fourth-order valence-electron chi connectivity index (χ4n) is 1.67. The maximum Gasteiger partial charge on any atom is 3.00 e. The van der Waals surface area contributed by atoms with Crippen LogP contribution in [0, 0.1) is 29.5 Å². The Morgan fingerprint density at radius 1 is 1.04 bits per heavy atom. The fourth-order valence-corrected chi connectivity index (χ4v) is 1.67. The van der Waals surface area contributed by atoms with E-state index in [1.807, 2.05) is 30.3 Å². The van der Waals surface area contributed by atoms with Crippen LogP contribution in [0.3, 0.4) is 0 Å². The van der Waals surface area contributed by atoms with Crippen molar-refractivity contribution in [1.82, 2.24) is 4.98 Å². The van der Waals surface area contributed by atoms with E-state index in [0.29, 0.717) is 5.69 Å². The van der Waals surface area contributed by atoms with Gasteiger partial charge < -0.3 is 21.8 Å². The number of rotatable bonds is 2. The second kappa shape index (κ2) is 12.7. The molecule has 0 bridgehead atoms. The van der Waals surface area contributed by atoms with Crippen molar-refractivity contribution in [3.63, 3.8) is 0 Å². The number of aromatic nitrogens is 1. The van der Waals surface area contributed by atoms with Crippen LogP contribution in [-0.2, 0) is 20.1 Å². The summed E-state index contributed by atoms with van der Waals surface area (Å²) in [7, 11) is 0. The van der Waals surface area contributed by atoms with Crippen LogP contribution in [-0.4, -0.2) is 11.7 Å². The van der Waals surface area contributed by atoms with E-state index in [1.165, 1.54) is 0 Å². The van der Waals surface area contributed by atoms with Gasteiger partial charge in [-0.1, -0.05) is 47.6 Å². The molecule has 3 aromatic rings. The molecule has 1 aromatic heterocycles. The average molecular weight is 513 g/mol. The molecule has 0 radical (unpaired) electrons. The molecule has 0 amide bonds. The number of hydrogen-bond acceptors (Lipinski definition) is 3. The van der Waals surface area contributed by atoms with Crippen LogP contribution in [0.4, 0.5) is 14.5 Å². The third-order valence-electron chi connectivity index (χ3n) is 2.68. The van der Waals surface area contributed by atoms with Crippen molar-refractivity contribution in [2.75, 3.05) is 0 Å². The van der Waals surface area contributed by atoms with Gasteiger partial charge in [-0.3, -0.25) is 8.78 Å². The summed E-state index contributed by atoms with van der Waals surface area (Å²) in [4.78, 5) is 7.42. The van der Waals surface area contributed by atoms with Crippen molar-refractivity contribution in [1.29, 1.82) is 5.26 Å². The zero-order valence-corrected chi connectivity index (χ0v) is 15.3. The van der Waals surface area contributed by atoms with E-state index in [9.17, 15) is 8.78 Å². The Kier molecular flexibility index (Phi) is 11.3. The molecule has 3 nitrogen and oxygen atoms in total. The van der Waals surface area contributed by atoms with Gasteiger partial charge in [-0.25, -0.2) is 0 Å². The van der Waals surface area contributed by atoms with Crippen LogP contribution in [0.25, 0.3) is 11.3 Å². The predicted octanol–water partition coefficient (Wildman–Crippen LogP) is 4.82. The number of halogens is 2. The van der Waals surface area contributed by atoms with Gasteiger partial charge in [0.15, 0.2) is 0 Å². The summed E-state index contributed by atoms with van der Waals surface area (Å²) in [6.45, 7) is 9.72. The van der Waals surface area contributed by atoms with E-state index in [1.54, 1.807) is 24.4 Å². The van der Waals surface area contributed by atoms with Crippen LogP contribution in [0.2, 0.25) is 0 Å². The SMILES string of the molecule is Fc1c[c-]c(-c2ccccn2)c(F)c1.[C-]#N.[CH-]=Nc1ccccc1.[Ir+3]. The van der Waals surface area contributed by atoms with E-state index in [-0.39, 0.29) is 25.7 Å². The normalized spacial score (nSPS) is 8.48. The molecular weight excluding hydrogens is 500 g/mol. The van der Waals surface area contributed by atoms with Gasteiger partial charge in [0.05, 0.1) is 0 Å². The van der Waals surface area contributed by atoms with Gasteiger partial charge in [-0.15, -0.1) is 24.3 Å². The minimum absolute atomic E-state index is 0. The third-order valence-corrected chi connectivity index (χ3v) is 2.68. The van der Waals surface area contributed by atoms with Crippen molar-refractivity contribution in [2.45, 2.75) is 0 Å². The first kappa shape index (κ1) is 22.3. The van der Waals surface area contributed by atoms with Gasteiger partial charge in [0.1, 0.15) is 0 Å². The second-order valence-electron chi connectivity index (χ2n) is 4.22. The topological polar surface area (TPSA) is 49.0 Å². The maximum atomic E-state index is 13.2. The van der Waals surface area contributed by atoms with Gasteiger partial charge >= 0.3 is 20.1 Å². The first-order valence-corrected chi connectivity index (χ1v) is 6.67. The van der Waals surface area contributed by atoms with Crippen molar-refractivity contribution in [3.05, 3.63) is 91.1 Å². The Labute approximate surface area is 159 Å². The first-order chi connectivity index (χ1) is 11.7. The van der Waals surface area contributed by atoms with E-state index in [4.69, 9.17) is 18.6 Å². The molecule has 126 valence electrons. The molecule has 6 heteroatoms. The van der Waals surface area contributed by atoms with Crippen LogP contribution < -0.4 is 0 Å². The van der Waals surface area contributed by atoms with Crippen LogP contribution >= 0.6 is 0 Å². The van der Waals surface area contributed by atoms with E-state index in [0.717, 1.165) is 17.8 Å². The summed E-state index contributed by atoms with van der Waals surface area (Å²) >= 11 is 0. The predicted molar refractivity (Wildman–Crippen MR) is 88.0 cm³/mol. The summed E-state index contributed by atoms with van der Waals surface area (Å²) in [5, 5.41) is 6.25. The first-order valence-electron chi connectivity index (χ1n) is 6.67. The van der Waals surface area contributed by atoms with Crippen molar-refractivity contribution >= 4 is 12.4 Å². The standard InChI is InChI=1S/C11H6F2N.C7H6N.CN.Ir/c12-8-4-5-9(10(13)7-8)11-3-1-2-6-14-11;1-8-7-5-3-2-4-6-7;1-2;/h1-4,6-7H;1-6H;;/q3*-1;+3. The Balaban J connectivity index is 0.000000451. The smallest absolute Gasteiger partial charge is 0.512 e. The average Bonchev–Trinajstić information content (AvgIpc) is 2.65. The maximum absolute atomic E-state index is 13.2. The number of pyridine rings is 1. The van der Waals surface area contributed by atoms with Crippen LogP contribution in [0.1, 0.15) is 0 Å². The molecule has 2 aromatic carbocycles. The number of hydrogen-bond donors (Lipinski definition) is 0. The Hall–Kier alpha value is -2.74. The fraction of sp³-hybridized carbons (Fsp3) is 0. The molecule has 1 heterocycles. The number of para-hydroxylation sites is 1. The van der Waals surface area contributed by atoms with Gasteiger partial charge in [-0.2, -0.15) is 6.72 Å². The summed E-state index contributed by atoms with van der Waals surface area (Å²) in [5.74, 6) is -1.29. The minimum atomic E-state index is -0.649. The molecule has 3 rings (SSSR count). The summed E-state index contributed by atoms with van der Waals surface area (Å²) in [6.07, 6.45) is 1.55. The van der Waals surface area contributed by atoms with Crippen LogP contribution in [0.15, 0.2) is 71.9 Å². The quantitative estimate of drug-likeness (QED) is 0.365. The molecule has 0 N–H and O–H groups in total. The Morgan fingerprint density at radius 2 is 1.68 bits per heavy atom. The largest absolute Gasteiger partial charge is 3.00 e. The van der Waals surface area contributed by atoms with E-state index < -0.39 is 11.6 Å². The number of aliphatic imine (C=N–C) groups is 1. The molecule has 25 heavy (non-hydrogen) atoms. The van der Waals surface area contributed by atoms with Crippen molar-refractivity contribution in [3.8, 4) is 11.3 Å². The Morgan fingerprint density at radius 3 is 2.16 bits per heavy atom. The molecule has 0 spiro atoms. The number of nitrogens with zero attached hydrogens (tertiary/aromatic N) is 3. The summed E-state index contributed by atoms with van der Waals surface area (Å²) < 4.78 is 25.8. The summed E-state index contributed by atoms with van der Waals surface area (Å²) in [6, 6.07) is 18.9. The van der Waals surface area contributed by atoms with E-state index in [2.05, 4.69) is 16.0 Å².